The molecule has 0 aliphatic heterocycles. The number of nitrogens with zero attached hydrogens (tertiary/aromatic N) is 1. The van der Waals surface area contributed by atoms with E-state index in [-0.39, 0.29) is 24.1 Å². The summed E-state index contributed by atoms with van der Waals surface area (Å²) in [4.78, 5) is 12.3. The molecular formula is C16H22N4O2S. The molecule has 0 saturated carbocycles. The van der Waals surface area contributed by atoms with Crippen molar-refractivity contribution in [3.8, 4) is 11.8 Å². The van der Waals surface area contributed by atoms with Gasteiger partial charge in [-0.15, -0.1) is 0 Å². The van der Waals surface area contributed by atoms with Crippen LogP contribution in [0.1, 0.15) is 25.8 Å². The molecule has 1 atom stereocenters. The van der Waals surface area contributed by atoms with E-state index in [2.05, 4.69) is 16.0 Å². The molecule has 0 aliphatic carbocycles. The average Bonchev–Trinajstić information content (AvgIpc) is 2.48. The maximum atomic E-state index is 12.3. The van der Waals surface area contributed by atoms with Crippen LogP contribution < -0.4 is 16.0 Å². The molecule has 0 radical (unpaired) electrons. The summed E-state index contributed by atoms with van der Waals surface area (Å²) < 4.78 is 0. The van der Waals surface area contributed by atoms with Crippen molar-refractivity contribution in [2.45, 2.75) is 38.8 Å². The smallest absolute Gasteiger partial charge is 0.242 e. The van der Waals surface area contributed by atoms with Crippen molar-refractivity contribution < 1.29 is 9.90 Å². The minimum Gasteiger partial charge on any atom is -0.508 e. The number of amides is 1. The molecule has 1 unspecified atom stereocenters. The van der Waals surface area contributed by atoms with Crippen molar-refractivity contribution >= 4 is 23.2 Å². The summed E-state index contributed by atoms with van der Waals surface area (Å²) in [5, 5.41) is 27.0. The van der Waals surface area contributed by atoms with E-state index in [1.165, 1.54) is 0 Å². The number of thiocarbonyl (C=S) groups is 1. The quantitative estimate of drug-likeness (QED) is 0.442. The molecule has 1 aromatic rings. The molecule has 1 aromatic carbocycles. The van der Waals surface area contributed by atoms with Crippen LogP contribution >= 0.6 is 12.2 Å². The number of hydrogen-bond donors (Lipinski definition) is 4. The van der Waals surface area contributed by atoms with E-state index < -0.39 is 6.04 Å². The first-order valence-corrected chi connectivity index (χ1v) is 7.82. The standard InChI is InChI=1S/C16H22N4O2S/c1-11(2)19-16(23)20-14(15(22)18-9-3-8-17)10-12-4-6-13(21)7-5-12/h4-7,11,14,21H,3,9-10H2,1-2H3,(H,18,22)(H2,19,20,23). The van der Waals surface area contributed by atoms with E-state index >= 15 is 0 Å². The fraction of sp³-hybridized carbons (Fsp3) is 0.438. The van der Waals surface area contributed by atoms with Gasteiger partial charge in [0.15, 0.2) is 5.11 Å². The van der Waals surface area contributed by atoms with Crippen molar-refractivity contribution in [1.29, 1.82) is 5.26 Å². The second kappa shape index (κ2) is 9.64. The van der Waals surface area contributed by atoms with Crippen LogP contribution in [-0.4, -0.2) is 34.8 Å². The number of carbonyl (C=O) groups is 1. The number of phenols is 1. The van der Waals surface area contributed by atoms with Gasteiger partial charge in [0.1, 0.15) is 11.8 Å². The van der Waals surface area contributed by atoms with Crippen molar-refractivity contribution in [3.63, 3.8) is 0 Å². The highest BCUT2D eigenvalue weighted by Gasteiger charge is 2.19. The molecule has 124 valence electrons. The molecular weight excluding hydrogens is 312 g/mol. The zero-order chi connectivity index (χ0) is 17.2. The number of carbonyl (C=O) groups excluding carboxylic acids is 1. The summed E-state index contributed by atoms with van der Waals surface area (Å²) in [5.41, 5.74) is 0.892. The van der Waals surface area contributed by atoms with Crippen LogP contribution in [0.15, 0.2) is 24.3 Å². The highest BCUT2D eigenvalue weighted by molar-refractivity contribution is 7.80. The number of benzene rings is 1. The molecule has 23 heavy (non-hydrogen) atoms. The third-order valence-corrected chi connectivity index (χ3v) is 3.19. The van der Waals surface area contributed by atoms with E-state index in [1.807, 2.05) is 19.9 Å². The zero-order valence-corrected chi connectivity index (χ0v) is 14.1. The van der Waals surface area contributed by atoms with E-state index in [1.54, 1.807) is 24.3 Å². The molecule has 7 heteroatoms. The van der Waals surface area contributed by atoms with Crippen LogP contribution in [0.5, 0.6) is 5.75 Å². The van der Waals surface area contributed by atoms with Gasteiger partial charge in [0.25, 0.3) is 0 Å². The first-order chi connectivity index (χ1) is 10.9. The third kappa shape index (κ3) is 7.47. The Kier molecular flexibility index (Phi) is 7.84. The Labute approximate surface area is 141 Å². The van der Waals surface area contributed by atoms with E-state index in [0.717, 1.165) is 5.56 Å². The Balaban J connectivity index is 2.74. The Morgan fingerprint density at radius 3 is 2.52 bits per heavy atom. The second-order valence-electron chi connectivity index (χ2n) is 5.39. The molecule has 1 amide bonds. The summed E-state index contributed by atoms with van der Waals surface area (Å²) in [5.74, 6) is -0.0463. The molecule has 0 aromatic heterocycles. The first-order valence-electron chi connectivity index (χ1n) is 7.42. The van der Waals surface area contributed by atoms with Crippen LogP contribution in [0.3, 0.4) is 0 Å². The number of rotatable bonds is 7. The summed E-state index contributed by atoms with van der Waals surface area (Å²) in [6.07, 6.45) is 0.672. The van der Waals surface area contributed by atoms with Gasteiger partial charge in [-0.2, -0.15) is 5.26 Å². The van der Waals surface area contributed by atoms with Gasteiger partial charge in [-0.1, -0.05) is 12.1 Å². The predicted molar refractivity (Wildman–Crippen MR) is 92.8 cm³/mol. The minimum absolute atomic E-state index is 0.158. The number of aromatic hydroxyl groups is 1. The highest BCUT2D eigenvalue weighted by Crippen LogP contribution is 2.11. The summed E-state index contributed by atoms with van der Waals surface area (Å²) in [6.45, 7) is 4.21. The monoisotopic (exact) mass is 334 g/mol. The van der Waals surface area contributed by atoms with Crippen LogP contribution in [-0.2, 0) is 11.2 Å². The maximum Gasteiger partial charge on any atom is 0.242 e. The molecule has 0 fully saturated rings. The Hall–Kier alpha value is -2.33. The minimum atomic E-state index is -0.558. The first kappa shape index (κ1) is 18.7. The van der Waals surface area contributed by atoms with Crippen LogP contribution in [0.4, 0.5) is 0 Å². The van der Waals surface area contributed by atoms with Crippen LogP contribution in [0.2, 0.25) is 0 Å². The van der Waals surface area contributed by atoms with Crippen LogP contribution in [0.25, 0.3) is 0 Å². The fourth-order valence-electron chi connectivity index (χ4n) is 1.90. The van der Waals surface area contributed by atoms with E-state index in [4.69, 9.17) is 17.5 Å². The van der Waals surface area contributed by atoms with Gasteiger partial charge in [-0.3, -0.25) is 4.79 Å². The lowest BCUT2D eigenvalue weighted by Crippen LogP contribution is -2.52. The lowest BCUT2D eigenvalue weighted by molar-refractivity contribution is -0.122. The van der Waals surface area contributed by atoms with Crippen molar-refractivity contribution in [3.05, 3.63) is 29.8 Å². The fourth-order valence-corrected chi connectivity index (χ4v) is 2.28. The SMILES string of the molecule is CC(C)NC(=S)NC(Cc1ccc(O)cc1)C(=O)NCCC#N. The summed E-state index contributed by atoms with van der Waals surface area (Å²) >= 11 is 5.20. The molecule has 0 aliphatic rings. The van der Waals surface area contributed by atoms with Gasteiger partial charge in [0.05, 0.1) is 12.5 Å². The van der Waals surface area contributed by atoms with E-state index in [9.17, 15) is 9.90 Å². The lowest BCUT2D eigenvalue weighted by atomic mass is 10.1. The number of phenolic OH excluding ortho intramolecular Hbond substituents is 1. The molecule has 0 saturated heterocycles. The Morgan fingerprint density at radius 2 is 1.96 bits per heavy atom. The van der Waals surface area contributed by atoms with Gasteiger partial charge < -0.3 is 21.1 Å². The molecule has 0 bridgehead atoms. The van der Waals surface area contributed by atoms with Gasteiger partial charge in [-0.05, 0) is 43.8 Å². The third-order valence-electron chi connectivity index (χ3n) is 2.95. The normalized spacial score (nSPS) is 11.4. The molecule has 6 nitrogen and oxygen atoms in total. The topological polar surface area (TPSA) is 97.2 Å². The average molecular weight is 334 g/mol. The summed E-state index contributed by atoms with van der Waals surface area (Å²) in [6, 6.07) is 8.24. The predicted octanol–water partition coefficient (Wildman–Crippen LogP) is 1.21. The molecule has 0 spiro atoms. The molecule has 1 rings (SSSR count). The van der Waals surface area contributed by atoms with Gasteiger partial charge in [-0.25, -0.2) is 0 Å². The number of nitrogens with one attached hydrogen (secondary N) is 3. The zero-order valence-electron chi connectivity index (χ0n) is 13.3. The number of hydrogen-bond acceptors (Lipinski definition) is 4. The van der Waals surface area contributed by atoms with E-state index in [0.29, 0.717) is 18.1 Å². The molecule has 4 N–H and O–H groups in total. The molecule has 0 heterocycles. The summed E-state index contributed by atoms with van der Waals surface area (Å²) in [7, 11) is 0. The largest absolute Gasteiger partial charge is 0.508 e. The van der Waals surface area contributed by atoms with Crippen molar-refractivity contribution in [2.24, 2.45) is 0 Å². The van der Waals surface area contributed by atoms with Gasteiger partial charge in [0.2, 0.25) is 5.91 Å². The Bertz CT molecular complexity index is 566. The van der Waals surface area contributed by atoms with Crippen LogP contribution in [0, 0.1) is 11.3 Å². The Morgan fingerprint density at radius 1 is 1.30 bits per heavy atom. The van der Waals surface area contributed by atoms with Gasteiger partial charge in [0, 0.05) is 19.0 Å². The van der Waals surface area contributed by atoms with Gasteiger partial charge >= 0.3 is 0 Å². The maximum absolute atomic E-state index is 12.3. The van der Waals surface area contributed by atoms with Crippen molar-refractivity contribution in [2.75, 3.05) is 6.54 Å². The van der Waals surface area contributed by atoms with Crippen molar-refractivity contribution in [1.82, 2.24) is 16.0 Å². The number of nitriles is 1. The second-order valence-corrected chi connectivity index (χ2v) is 5.80. The highest BCUT2D eigenvalue weighted by atomic mass is 32.1. The lowest BCUT2D eigenvalue weighted by Gasteiger charge is -2.21.